The van der Waals surface area contributed by atoms with Crippen LogP contribution in [-0.2, 0) is 23.7 Å². The van der Waals surface area contributed by atoms with Crippen molar-refractivity contribution in [1.82, 2.24) is 0 Å². The predicted molar refractivity (Wildman–Crippen MR) is 45.3 cm³/mol. The summed E-state index contributed by atoms with van der Waals surface area (Å²) < 4.78 is 0. The van der Waals surface area contributed by atoms with Gasteiger partial charge in [0.2, 0.25) is 0 Å². The molecule has 2 rings (SSSR count). The van der Waals surface area contributed by atoms with E-state index in [4.69, 9.17) is 5.11 Å². The van der Waals surface area contributed by atoms with E-state index in [1.807, 2.05) is 24.3 Å². The normalized spacial score (nSPS) is 8.08. The van der Waals surface area contributed by atoms with E-state index in [-0.39, 0.29) is 23.7 Å². The molecule has 0 spiro atoms. The molecule has 0 aliphatic heterocycles. The molecule has 0 amide bonds. The molecule has 2 heteroatoms. The van der Waals surface area contributed by atoms with Crippen LogP contribution >= 0.6 is 0 Å². The summed E-state index contributed by atoms with van der Waals surface area (Å²) >= 11 is 0. The second-order valence-corrected chi connectivity index (χ2v) is 2.13. The zero-order valence-corrected chi connectivity index (χ0v) is 8.00. The van der Waals surface area contributed by atoms with Crippen LogP contribution in [0.5, 0.6) is 0 Å². The molecule has 1 N–H and O–H groups in total. The number of aliphatic hydroxyl groups excluding tert-OH is 1. The Kier molecular flexibility index (Phi) is 7.32. The number of hydrogen-bond acceptors (Lipinski definition) is 1. The molecule has 0 atom stereocenters. The first kappa shape index (κ1) is 12.2. The first-order chi connectivity index (χ1) is 5.93. The fourth-order valence-corrected chi connectivity index (χ4v) is 0.700. The molecular formula is C11H8FeO-6. The molecule has 13 heavy (non-hydrogen) atoms. The summed E-state index contributed by atoms with van der Waals surface area (Å²) in [4.78, 5) is 0. The molecule has 0 saturated carbocycles. The second kappa shape index (κ2) is 7.81. The van der Waals surface area contributed by atoms with Crippen LogP contribution in [0.1, 0.15) is 5.56 Å². The van der Waals surface area contributed by atoms with Crippen molar-refractivity contribution in [3.8, 4) is 0 Å². The minimum Gasteiger partial charge on any atom is -0.999 e. The van der Waals surface area contributed by atoms with Crippen LogP contribution < -0.4 is 0 Å². The first-order valence-electron chi connectivity index (χ1n) is 3.57. The Morgan fingerprint density at radius 2 is 1.69 bits per heavy atom. The van der Waals surface area contributed by atoms with Crippen molar-refractivity contribution in [1.29, 1.82) is 0 Å². The van der Waals surface area contributed by atoms with Gasteiger partial charge in [-0.05, 0) is 0 Å². The third-order valence-electron chi connectivity index (χ3n) is 1.27. The molecule has 1 nitrogen and oxygen atoms in total. The summed E-state index contributed by atoms with van der Waals surface area (Å²) in [5.74, 6) is 0. The van der Waals surface area contributed by atoms with Gasteiger partial charge < -0.3 is 35.4 Å². The summed E-state index contributed by atoms with van der Waals surface area (Å²) in [5.41, 5.74) is 0.986. The third-order valence-corrected chi connectivity index (χ3v) is 1.27. The molecule has 0 fully saturated rings. The van der Waals surface area contributed by atoms with E-state index in [2.05, 4.69) is 24.3 Å². The van der Waals surface area contributed by atoms with Crippen molar-refractivity contribution >= 4 is 0 Å². The molecule has 0 bridgehead atoms. The Hall–Kier alpha value is -0.821. The van der Waals surface area contributed by atoms with Crippen LogP contribution in [-0.4, -0.2) is 5.11 Å². The first-order valence-corrected chi connectivity index (χ1v) is 3.57. The van der Waals surface area contributed by atoms with Gasteiger partial charge in [-0.1, -0.05) is 0 Å². The van der Waals surface area contributed by atoms with Crippen molar-refractivity contribution in [2.45, 2.75) is 6.61 Å². The molecule has 0 saturated heterocycles. The molecule has 0 aliphatic rings. The molecule has 0 aromatic heterocycles. The van der Waals surface area contributed by atoms with Gasteiger partial charge in [0.1, 0.15) is 0 Å². The van der Waals surface area contributed by atoms with Crippen LogP contribution in [0.2, 0.25) is 0 Å². The number of aliphatic hydroxyl groups is 1. The topological polar surface area (TPSA) is 20.2 Å². The molecule has 72 valence electrons. The van der Waals surface area contributed by atoms with Crippen LogP contribution in [0.15, 0.2) is 30.3 Å². The largest absolute Gasteiger partial charge is 0.999 e. The summed E-state index contributed by atoms with van der Waals surface area (Å²) in [5, 5.41) is 8.43. The zero-order valence-electron chi connectivity index (χ0n) is 6.89. The maximum absolute atomic E-state index is 8.43. The van der Waals surface area contributed by atoms with E-state index in [9.17, 15) is 0 Å². The van der Waals surface area contributed by atoms with Gasteiger partial charge in [-0.2, -0.15) is 12.1 Å². The van der Waals surface area contributed by atoms with Gasteiger partial charge in [-0.25, -0.2) is 12.1 Å². The van der Waals surface area contributed by atoms with Gasteiger partial charge in [0.25, 0.3) is 0 Å². The van der Waals surface area contributed by atoms with Crippen LogP contribution in [0.3, 0.4) is 0 Å². The number of hydrogen-bond donors (Lipinski definition) is 1. The third kappa shape index (κ3) is 5.42. The minimum atomic E-state index is 0. The van der Waals surface area contributed by atoms with E-state index in [0.717, 1.165) is 5.56 Å². The van der Waals surface area contributed by atoms with E-state index < -0.39 is 0 Å². The summed E-state index contributed by atoms with van der Waals surface area (Å²) in [7, 11) is 0. The van der Waals surface area contributed by atoms with Crippen molar-refractivity contribution < 1.29 is 22.2 Å². The second-order valence-electron chi connectivity index (χ2n) is 2.13. The molecule has 2 aromatic carbocycles. The molecule has 0 unspecified atom stereocenters. The average molecular weight is 212 g/mol. The molecule has 0 radical (unpaired) electrons. The fraction of sp³-hybridized carbons (Fsp3) is 0.0909. The summed E-state index contributed by atoms with van der Waals surface area (Å²) in [6, 6.07) is 19.6. The SMILES string of the molecule is OC[c-]1cccc1.[Fe].[c-]1[c-][c-][cH-][c-]1. The smallest absolute Gasteiger partial charge is 0.0238 e. The molecule has 0 heterocycles. The number of rotatable bonds is 1. The van der Waals surface area contributed by atoms with Gasteiger partial charge in [-0.3, -0.25) is 0 Å². The van der Waals surface area contributed by atoms with E-state index in [1.54, 1.807) is 6.07 Å². The molecular weight excluding hydrogens is 204 g/mol. The van der Waals surface area contributed by atoms with E-state index in [0.29, 0.717) is 0 Å². The average Bonchev–Trinajstić information content (AvgIpc) is 2.81. The maximum Gasteiger partial charge on any atom is 0.0238 e. The van der Waals surface area contributed by atoms with Gasteiger partial charge in [0.15, 0.2) is 0 Å². The minimum absolute atomic E-state index is 0. The Morgan fingerprint density at radius 3 is 1.92 bits per heavy atom. The monoisotopic (exact) mass is 212 g/mol. The maximum atomic E-state index is 8.43. The van der Waals surface area contributed by atoms with Crippen molar-refractivity contribution in [3.05, 3.63) is 60.2 Å². The Bertz CT molecular complexity index is 241. The summed E-state index contributed by atoms with van der Waals surface area (Å²) in [6.07, 6.45) is 0. The van der Waals surface area contributed by atoms with E-state index in [1.165, 1.54) is 0 Å². The van der Waals surface area contributed by atoms with Crippen molar-refractivity contribution in [2.75, 3.05) is 0 Å². The van der Waals surface area contributed by atoms with Gasteiger partial charge in [0.05, 0.1) is 0 Å². The van der Waals surface area contributed by atoms with Gasteiger partial charge in [0, 0.05) is 23.7 Å². The Labute approximate surface area is 89.2 Å². The van der Waals surface area contributed by atoms with E-state index >= 15 is 0 Å². The summed E-state index contributed by atoms with van der Waals surface area (Å²) in [6.45, 7) is 0.160. The van der Waals surface area contributed by atoms with Gasteiger partial charge >= 0.3 is 0 Å². The quantitative estimate of drug-likeness (QED) is 0.561. The van der Waals surface area contributed by atoms with Crippen LogP contribution in [0.25, 0.3) is 0 Å². The Morgan fingerprint density at radius 1 is 1.15 bits per heavy atom. The molecule has 2 aromatic rings. The van der Waals surface area contributed by atoms with Crippen LogP contribution in [0.4, 0.5) is 0 Å². The standard InChI is InChI=1S/C6H7O.C5H.Fe/c7-5-6-3-1-2-4-6;1-2-4-5-3-1;/h1-4,7H,5H2;1H;/q-1;-5;. The van der Waals surface area contributed by atoms with Gasteiger partial charge in [-0.15, -0.1) is 5.56 Å². The zero-order chi connectivity index (χ0) is 8.65. The fourth-order valence-electron chi connectivity index (χ4n) is 0.700. The van der Waals surface area contributed by atoms with Crippen LogP contribution in [0, 0.1) is 24.3 Å². The molecule has 0 aliphatic carbocycles. The van der Waals surface area contributed by atoms with Crippen molar-refractivity contribution in [3.63, 3.8) is 0 Å². The van der Waals surface area contributed by atoms with Crippen molar-refractivity contribution in [2.24, 2.45) is 0 Å². The predicted octanol–water partition coefficient (Wildman–Crippen LogP) is 1.50. The Balaban J connectivity index is 0.000000215.